The summed E-state index contributed by atoms with van der Waals surface area (Å²) in [6.07, 6.45) is 0. The normalized spacial score (nSPS) is 10.9. The number of benzene rings is 2. The summed E-state index contributed by atoms with van der Waals surface area (Å²) in [5, 5.41) is 2.82. The Hall–Kier alpha value is -3.41. The molecule has 2 aromatic carbocycles. The van der Waals surface area contributed by atoms with Crippen LogP contribution in [-0.4, -0.2) is 32.3 Å². The maximum absolute atomic E-state index is 13.3. The van der Waals surface area contributed by atoms with Crippen molar-refractivity contribution in [1.29, 1.82) is 0 Å². The number of carbonyl (C=O) groups excluding carboxylic acids is 2. The van der Waals surface area contributed by atoms with Crippen LogP contribution in [0.1, 0.15) is 32.2 Å². The fourth-order valence-electron chi connectivity index (χ4n) is 3.31. The van der Waals surface area contributed by atoms with Gasteiger partial charge in [-0.15, -0.1) is 0 Å². The van der Waals surface area contributed by atoms with E-state index in [1.54, 1.807) is 6.92 Å². The fourth-order valence-corrected chi connectivity index (χ4v) is 3.31. The molecule has 0 bridgehead atoms. The van der Waals surface area contributed by atoms with E-state index in [1.807, 2.05) is 77.9 Å². The van der Waals surface area contributed by atoms with Gasteiger partial charge in [0.15, 0.2) is 0 Å². The van der Waals surface area contributed by atoms with Crippen LogP contribution in [0.25, 0.3) is 11.0 Å². The van der Waals surface area contributed by atoms with Crippen LogP contribution in [0.3, 0.4) is 0 Å². The molecule has 6 heteroatoms. The molecule has 0 aliphatic heterocycles. The molecule has 3 rings (SSSR count). The van der Waals surface area contributed by atoms with E-state index in [0.29, 0.717) is 17.9 Å². The first kappa shape index (κ1) is 21.3. The third-order valence-corrected chi connectivity index (χ3v) is 4.96. The van der Waals surface area contributed by atoms with Crippen molar-refractivity contribution >= 4 is 22.8 Å². The smallest absolute Gasteiger partial charge is 0.246 e. The van der Waals surface area contributed by atoms with Crippen LogP contribution in [0.4, 0.5) is 0 Å². The molecule has 0 atom stereocenters. The molecule has 30 heavy (non-hydrogen) atoms. The second kappa shape index (κ2) is 9.39. The van der Waals surface area contributed by atoms with Crippen molar-refractivity contribution in [2.24, 2.45) is 0 Å². The van der Waals surface area contributed by atoms with Gasteiger partial charge in [-0.25, -0.2) is 4.98 Å². The molecule has 0 aliphatic carbocycles. The molecule has 0 radical (unpaired) electrons. The second-order valence-electron chi connectivity index (χ2n) is 7.67. The number of aromatic nitrogens is 2. The summed E-state index contributed by atoms with van der Waals surface area (Å²) in [4.78, 5) is 31.7. The topological polar surface area (TPSA) is 67.2 Å². The number of hydrogen-bond donors (Lipinski definition) is 1. The minimum atomic E-state index is -0.229. The van der Waals surface area contributed by atoms with Gasteiger partial charge >= 0.3 is 0 Å². The molecule has 0 fully saturated rings. The van der Waals surface area contributed by atoms with Gasteiger partial charge in [0.2, 0.25) is 11.8 Å². The fraction of sp³-hybridized carbons (Fsp3) is 0.292. The molecule has 0 saturated heterocycles. The van der Waals surface area contributed by atoms with Crippen molar-refractivity contribution in [2.45, 2.75) is 46.4 Å². The number of nitrogens with zero attached hydrogens (tertiary/aromatic N) is 3. The molecule has 1 aromatic heterocycles. The van der Waals surface area contributed by atoms with E-state index in [-0.39, 0.29) is 30.9 Å². The number of fused-ring (bicyclic) bond motifs is 1. The zero-order valence-electron chi connectivity index (χ0n) is 17.8. The standard InChI is InChI=1S/C24H28N4O2/c1-17(2)24(30)25-14-22-26-20-12-8-9-13-21(20)28(22)16-23(29)27(18(3)4)15-19-10-6-5-7-11-19/h5-13,18H,1,14-16H2,2-4H3,(H,25,30). The van der Waals surface area contributed by atoms with E-state index in [4.69, 9.17) is 0 Å². The first-order chi connectivity index (χ1) is 14.4. The van der Waals surface area contributed by atoms with Crippen LogP contribution >= 0.6 is 0 Å². The monoisotopic (exact) mass is 404 g/mol. The molecule has 6 nitrogen and oxygen atoms in total. The summed E-state index contributed by atoms with van der Waals surface area (Å²) in [6, 6.07) is 17.7. The number of carbonyl (C=O) groups is 2. The predicted octanol–water partition coefficient (Wildman–Crippen LogP) is 3.67. The molecule has 0 saturated carbocycles. The van der Waals surface area contributed by atoms with Gasteiger partial charge in [0.1, 0.15) is 12.4 Å². The lowest BCUT2D eigenvalue weighted by atomic mass is 10.2. The minimum Gasteiger partial charge on any atom is -0.345 e. The average Bonchev–Trinajstić information content (AvgIpc) is 3.08. The van der Waals surface area contributed by atoms with E-state index in [1.165, 1.54) is 0 Å². The molecule has 0 unspecified atom stereocenters. The number of rotatable bonds is 8. The van der Waals surface area contributed by atoms with Gasteiger partial charge in [-0.05, 0) is 38.5 Å². The number of para-hydroxylation sites is 2. The van der Waals surface area contributed by atoms with Gasteiger partial charge in [-0.1, -0.05) is 49.0 Å². The van der Waals surface area contributed by atoms with Crippen LogP contribution in [0.5, 0.6) is 0 Å². The molecule has 0 aliphatic rings. The van der Waals surface area contributed by atoms with Crippen LogP contribution < -0.4 is 5.32 Å². The van der Waals surface area contributed by atoms with Crippen molar-refractivity contribution in [3.63, 3.8) is 0 Å². The number of imidazole rings is 1. The number of amides is 2. The summed E-state index contributed by atoms with van der Waals surface area (Å²) < 4.78 is 1.89. The van der Waals surface area contributed by atoms with Crippen molar-refractivity contribution in [3.8, 4) is 0 Å². The highest BCUT2D eigenvalue weighted by atomic mass is 16.2. The van der Waals surface area contributed by atoms with Gasteiger partial charge in [0.25, 0.3) is 0 Å². The molecule has 1 heterocycles. The Morgan fingerprint density at radius 3 is 2.43 bits per heavy atom. The zero-order chi connectivity index (χ0) is 21.7. The minimum absolute atomic E-state index is 0.00415. The Morgan fingerprint density at radius 1 is 1.10 bits per heavy atom. The molecular formula is C24H28N4O2. The Kier molecular flexibility index (Phi) is 6.67. The van der Waals surface area contributed by atoms with Crippen LogP contribution in [0.15, 0.2) is 66.7 Å². The van der Waals surface area contributed by atoms with E-state index < -0.39 is 0 Å². The summed E-state index contributed by atoms with van der Waals surface area (Å²) in [7, 11) is 0. The van der Waals surface area contributed by atoms with Gasteiger partial charge in [-0.3, -0.25) is 9.59 Å². The number of hydrogen-bond acceptors (Lipinski definition) is 3. The predicted molar refractivity (Wildman–Crippen MR) is 119 cm³/mol. The molecule has 156 valence electrons. The van der Waals surface area contributed by atoms with Crippen molar-refractivity contribution in [3.05, 3.63) is 78.1 Å². The highest BCUT2D eigenvalue weighted by Crippen LogP contribution is 2.18. The van der Waals surface area contributed by atoms with Gasteiger partial charge in [0.05, 0.1) is 17.6 Å². The first-order valence-corrected chi connectivity index (χ1v) is 10.1. The first-order valence-electron chi connectivity index (χ1n) is 10.1. The quantitative estimate of drug-likeness (QED) is 0.583. The van der Waals surface area contributed by atoms with Crippen molar-refractivity contribution < 1.29 is 9.59 Å². The van der Waals surface area contributed by atoms with E-state index in [2.05, 4.69) is 16.9 Å². The maximum Gasteiger partial charge on any atom is 0.246 e. The van der Waals surface area contributed by atoms with Gasteiger partial charge in [0, 0.05) is 18.2 Å². The lowest BCUT2D eigenvalue weighted by Crippen LogP contribution is -2.39. The molecule has 3 aromatic rings. The number of nitrogens with one attached hydrogen (secondary N) is 1. The average molecular weight is 405 g/mol. The van der Waals surface area contributed by atoms with E-state index in [9.17, 15) is 9.59 Å². The Labute approximate surface area is 177 Å². The van der Waals surface area contributed by atoms with Gasteiger partial charge in [-0.2, -0.15) is 0 Å². The summed E-state index contributed by atoms with van der Waals surface area (Å²) in [5.41, 5.74) is 3.18. The third kappa shape index (κ3) is 4.95. The van der Waals surface area contributed by atoms with Crippen molar-refractivity contribution in [2.75, 3.05) is 0 Å². The second-order valence-corrected chi connectivity index (χ2v) is 7.67. The Bertz CT molecular complexity index is 1050. The lowest BCUT2D eigenvalue weighted by Gasteiger charge is -2.27. The summed E-state index contributed by atoms with van der Waals surface area (Å²) in [6.45, 7) is 10.3. The van der Waals surface area contributed by atoms with Gasteiger partial charge < -0.3 is 14.8 Å². The van der Waals surface area contributed by atoms with E-state index in [0.717, 1.165) is 16.6 Å². The molecular weight excluding hydrogens is 376 g/mol. The lowest BCUT2D eigenvalue weighted by molar-refractivity contribution is -0.134. The SMILES string of the molecule is C=C(C)C(=O)NCc1nc2ccccc2n1CC(=O)N(Cc1ccccc1)C(C)C. The zero-order valence-corrected chi connectivity index (χ0v) is 17.8. The summed E-state index contributed by atoms with van der Waals surface area (Å²) >= 11 is 0. The van der Waals surface area contributed by atoms with E-state index >= 15 is 0 Å². The van der Waals surface area contributed by atoms with Crippen LogP contribution in [-0.2, 0) is 29.2 Å². The highest BCUT2D eigenvalue weighted by molar-refractivity contribution is 5.92. The van der Waals surface area contributed by atoms with Crippen LogP contribution in [0.2, 0.25) is 0 Å². The maximum atomic E-state index is 13.3. The Morgan fingerprint density at radius 2 is 1.77 bits per heavy atom. The Balaban J connectivity index is 1.86. The molecule has 1 N–H and O–H groups in total. The summed E-state index contributed by atoms with van der Waals surface area (Å²) in [5.74, 6) is 0.417. The van der Waals surface area contributed by atoms with Crippen molar-refractivity contribution in [1.82, 2.24) is 19.8 Å². The third-order valence-electron chi connectivity index (χ3n) is 4.96. The molecule has 0 spiro atoms. The van der Waals surface area contributed by atoms with Crippen LogP contribution in [0, 0.1) is 0 Å². The largest absolute Gasteiger partial charge is 0.345 e. The molecule has 2 amide bonds. The highest BCUT2D eigenvalue weighted by Gasteiger charge is 2.21.